The van der Waals surface area contributed by atoms with E-state index in [0.29, 0.717) is 6.42 Å². The highest BCUT2D eigenvalue weighted by molar-refractivity contribution is 5.35. The van der Waals surface area contributed by atoms with Gasteiger partial charge in [0.1, 0.15) is 17.7 Å². The SMILES string of the molecule is CCCCC(O)C#Cc1cc(F)cc(F)c1. The number of hydrogen-bond donors (Lipinski definition) is 1. The third-order valence-corrected chi connectivity index (χ3v) is 2.08. The number of halogens is 2. The van der Waals surface area contributed by atoms with Crippen molar-refractivity contribution in [2.24, 2.45) is 0 Å². The van der Waals surface area contributed by atoms with Crippen LogP contribution in [0.5, 0.6) is 0 Å². The van der Waals surface area contributed by atoms with Crippen LogP contribution in [0.2, 0.25) is 0 Å². The van der Waals surface area contributed by atoms with E-state index in [2.05, 4.69) is 11.8 Å². The Bertz CT molecular complexity index is 384. The molecule has 0 aliphatic rings. The van der Waals surface area contributed by atoms with Crippen molar-refractivity contribution in [1.29, 1.82) is 0 Å². The van der Waals surface area contributed by atoms with Crippen LogP contribution in [0.3, 0.4) is 0 Å². The van der Waals surface area contributed by atoms with E-state index in [-0.39, 0.29) is 5.56 Å². The molecule has 0 bridgehead atoms. The minimum absolute atomic E-state index is 0.244. The van der Waals surface area contributed by atoms with E-state index in [9.17, 15) is 13.9 Å². The summed E-state index contributed by atoms with van der Waals surface area (Å²) >= 11 is 0. The standard InChI is InChI=1S/C13H14F2O/c1-2-3-4-13(16)6-5-10-7-11(14)9-12(15)8-10/h7-9,13,16H,2-4H2,1H3. The highest BCUT2D eigenvalue weighted by Gasteiger charge is 1.99. The summed E-state index contributed by atoms with van der Waals surface area (Å²) in [6, 6.07) is 3.07. The molecule has 0 fully saturated rings. The van der Waals surface area contributed by atoms with E-state index >= 15 is 0 Å². The highest BCUT2D eigenvalue weighted by atomic mass is 19.1. The lowest BCUT2D eigenvalue weighted by molar-refractivity contribution is 0.218. The number of hydrogen-bond acceptors (Lipinski definition) is 1. The first-order chi connectivity index (χ1) is 7.61. The van der Waals surface area contributed by atoms with Crippen LogP contribution >= 0.6 is 0 Å². The largest absolute Gasteiger partial charge is 0.380 e. The summed E-state index contributed by atoms with van der Waals surface area (Å²) in [6.07, 6.45) is 1.72. The average Bonchev–Trinajstić information content (AvgIpc) is 2.22. The fourth-order valence-electron chi connectivity index (χ4n) is 1.26. The van der Waals surface area contributed by atoms with Crippen molar-refractivity contribution in [3.05, 3.63) is 35.4 Å². The lowest BCUT2D eigenvalue weighted by atomic mass is 10.1. The lowest BCUT2D eigenvalue weighted by Crippen LogP contribution is -2.01. The molecule has 0 aliphatic heterocycles. The monoisotopic (exact) mass is 224 g/mol. The fraction of sp³-hybridized carbons (Fsp3) is 0.385. The summed E-state index contributed by atoms with van der Waals surface area (Å²) in [7, 11) is 0. The van der Waals surface area contributed by atoms with Gasteiger partial charge in [-0.2, -0.15) is 0 Å². The van der Waals surface area contributed by atoms with Gasteiger partial charge in [-0.25, -0.2) is 8.78 Å². The van der Waals surface area contributed by atoms with E-state index in [1.807, 2.05) is 6.92 Å². The van der Waals surface area contributed by atoms with E-state index in [0.717, 1.165) is 31.0 Å². The predicted molar refractivity (Wildman–Crippen MR) is 58.8 cm³/mol. The first-order valence-corrected chi connectivity index (χ1v) is 5.27. The van der Waals surface area contributed by atoms with Crippen LogP contribution in [0, 0.1) is 23.5 Å². The lowest BCUT2D eigenvalue weighted by Gasteiger charge is -2.00. The Kier molecular flexibility index (Phi) is 4.94. The van der Waals surface area contributed by atoms with Crippen LogP contribution < -0.4 is 0 Å². The molecule has 86 valence electrons. The first-order valence-electron chi connectivity index (χ1n) is 5.27. The molecular weight excluding hydrogens is 210 g/mol. The maximum Gasteiger partial charge on any atom is 0.127 e. The summed E-state index contributed by atoms with van der Waals surface area (Å²) < 4.78 is 25.6. The van der Waals surface area contributed by atoms with Crippen LogP contribution in [0.25, 0.3) is 0 Å². The Labute approximate surface area is 94.1 Å². The van der Waals surface area contributed by atoms with E-state index in [1.165, 1.54) is 0 Å². The van der Waals surface area contributed by atoms with Gasteiger partial charge in [-0.1, -0.05) is 31.6 Å². The predicted octanol–water partition coefficient (Wildman–Crippen LogP) is 2.87. The molecule has 0 spiro atoms. The van der Waals surface area contributed by atoms with Gasteiger partial charge in [-0.15, -0.1) is 0 Å². The Morgan fingerprint density at radius 3 is 2.44 bits per heavy atom. The molecule has 1 atom stereocenters. The average molecular weight is 224 g/mol. The van der Waals surface area contributed by atoms with Crippen LogP contribution in [0.1, 0.15) is 31.7 Å². The van der Waals surface area contributed by atoms with Crippen LogP contribution in [-0.4, -0.2) is 11.2 Å². The van der Waals surface area contributed by atoms with Gasteiger partial charge in [0.15, 0.2) is 0 Å². The molecule has 1 aromatic rings. The van der Waals surface area contributed by atoms with Crippen molar-refractivity contribution >= 4 is 0 Å². The van der Waals surface area contributed by atoms with Crippen LogP contribution in [0.4, 0.5) is 8.78 Å². The van der Waals surface area contributed by atoms with Crippen molar-refractivity contribution in [2.75, 3.05) is 0 Å². The molecular formula is C13H14F2O. The number of rotatable bonds is 3. The summed E-state index contributed by atoms with van der Waals surface area (Å²) in [5.41, 5.74) is 0.244. The molecule has 0 aromatic heterocycles. The molecule has 1 N–H and O–H groups in total. The Morgan fingerprint density at radius 2 is 1.88 bits per heavy atom. The third-order valence-electron chi connectivity index (χ3n) is 2.08. The summed E-state index contributed by atoms with van der Waals surface area (Å²) in [5, 5.41) is 9.42. The van der Waals surface area contributed by atoms with E-state index < -0.39 is 17.7 Å². The minimum Gasteiger partial charge on any atom is -0.380 e. The molecule has 1 nitrogen and oxygen atoms in total. The van der Waals surface area contributed by atoms with Gasteiger partial charge >= 0.3 is 0 Å². The number of aliphatic hydroxyl groups is 1. The Hall–Kier alpha value is -1.40. The van der Waals surface area contributed by atoms with Crippen molar-refractivity contribution in [3.8, 4) is 11.8 Å². The van der Waals surface area contributed by atoms with Crippen molar-refractivity contribution in [1.82, 2.24) is 0 Å². The van der Waals surface area contributed by atoms with Crippen LogP contribution in [0.15, 0.2) is 18.2 Å². The molecule has 0 heterocycles. The van der Waals surface area contributed by atoms with E-state index in [1.54, 1.807) is 0 Å². The van der Waals surface area contributed by atoms with Gasteiger partial charge in [0, 0.05) is 11.6 Å². The molecule has 1 rings (SSSR count). The second-order valence-electron chi connectivity index (χ2n) is 3.59. The summed E-state index contributed by atoms with van der Waals surface area (Å²) in [4.78, 5) is 0. The zero-order valence-corrected chi connectivity index (χ0v) is 9.13. The fourth-order valence-corrected chi connectivity index (χ4v) is 1.26. The van der Waals surface area contributed by atoms with Gasteiger partial charge in [0.25, 0.3) is 0 Å². The van der Waals surface area contributed by atoms with Crippen molar-refractivity contribution in [2.45, 2.75) is 32.3 Å². The summed E-state index contributed by atoms with van der Waals surface area (Å²) in [5.74, 6) is 3.80. The topological polar surface area (TPSA) is 20.2 Å². The maximum absolute atomic E-state index is 12.8. The Morgan fingerprint density at radius 1 is 1.25 bits per heavy atom. The van der Waals surface area contributed by atoms with Gasteiger partial charge in [-0.05, 0) is 18.6 Å². The van der Waals surface area contributed by atoms with Gasteiger partial charge in [0.2, 0.25) is 0 Å². The highest BCUT2D eigenvalue weighted by Crippen LogP contribution is 2.07. The van der Waals surface area contributed by atoms with E-state index in [4.69, 9.17) is 0 Å². The zero-order chi connectivity index (χ0) is 12.0. The molecule has 0 amide bonds. The molecule has 0 saturated heterocycles. The number of unbranched alkanes of at least 4 members (excludes halogenated alkanes) is 1. The number of benzene rings is 1. The molecule has 0 saturated carbocycles. The third kappa shape index (κ3) is 4.41. The Balaban J connectivity index is 2.68. The molecule has 16 heavy (non-hydrogen) atoms. The second kappa shape index (κ2) is 6.24. The minimum atomic E-state index is -0.730. The van der Waals surface area contributed by atoms with Gasteiger partial charge in [-0.3, -0.25) is 0 Å². The zero-order valence-electron chi connectivity index (χ0n) is 9.13. The van der Waals surface area contributed by atoms with Gasteiger partial charge in [0.05, 0.1) is 0 Å². The van der Waals surface area contributed by atoms with Gasteiger partial charge < -0.3 is 5.11 Å². The number of aliphatic hydroxyl groups excluding tert-OH is 1. The van der Waals surface area contributed by atoms with Crippen molar-refractivity contribution in [3.63, 3.8) is 0 Å². The molecule has 3 heteroatoms. The quantitative estimate of drug-likeness (QED) is 0.783. The second-order valence-corrected chi connectivity index (χ2v) is 3.59. The first kappa shape index (κ1) is 12.7. The maximum atomic E-state index is 12.8. The summed E-state index contributed by atoms with van der Waals surface area (Å²) in [6.45, 7) is 2.02. The molecule has 1 unspecified atom stereocenters. The molecule has 0 aliphatic carbocycles. The molecule has 0 radical (unpaired) electrons. The van der Waals surface area contributed by atoms with Crippen molar-refractivity contribution < 1.29 is 13.9 Å². The smallest absolute Gasteiger partial charge is 0.127 e. The normalized spacial score (nSPS) is 11.8. The molecule has 1 aromatic carbocycles. The van der Waals surface area contributed by atoms with Crippen LogP contribution in [-0.2, 0) is 0 Å².